The molecule has 1 aromatic heterocycles. The van der Waals surface area contributed by atoms with Crippen molar-refractivity contribution in [2.45, 2.75) is 44.2 Å². The Balaban J connectivity index is 1.55. The Hall–Kier alpha value is -0.800. The van der Waals surface area contributed by atoms with Gasteiger partial charge in [0.25, 0.3) is 0 Å². The Labute approximate surface area is 109 Å². The molecule has 0 saturated carbocycles. The molecule has 2 saturated heterocycles. The lowest BCUT2D eigenvalue weighted by molar-refractivity contribution is 0.207. The molecule has 0 spiro atoms. The van der Waals surface area contributed by atoms with E-state index in [1.807, 2.05) is 6.26 Å². The predicted octanol–water partition coefficient (Wildman–Crippen LogP) is 2.34. The SMILES string of the molecule is c1cc2c(o1)CCCC2N1CC2CCCNC2C1. The van der Waals surface area contributed by atoms with Crippen LogP contribution in [-0.2, 0) is 6.42 Å². The van der Waals surface area contributed by atoms with Gasteiger partial charge in [0.05, 0.1) is 6.26 Å². The lowest BCUT2D eigenvalue weighted by atomic mass is 9.92. The van der Waals surface area contributed by atoms with Crippen LogP contribution < -0.4 is 5.32 Å². The first kappa shape index (κ1) is 11.1. The molecule has 3 atom stereocenters. The molecule has 1 aromatic rings. The van der Waals surface area contributed by atoms with Crippen LogP contribution in [0.1, 0.15) is 43.0 Å². The number of hydrogen-bond acceptors (Lipinski definition) is 3. The van der Waals surface area contributed by atoms with Crippen molar-refractivity contribution in [2.24, 2.45) is 5.92 Å². The van der Waals surface area contributed by atoms with Crippen LogP contribution in [0.25, 0.3) is 0 Å². The van der Waals surface area contributed by atoms with Crippen molar-refractivity contribution in [1.82, 2.24) is 10.2 Å². The Morgan fingerprint density at radius 3 is 3.17 bits per heavy atom. The van der Waals surface area contributed by atoms with E-state index in [0.29, 0.717) is 6.04 Å². The molecule has 3 unspecified atom stereocenters. The second kappa shape index (κ2) is 4.39. The number of hydrogen-bond donors (Lipinski definition) is 1. The highest BCUT2D eigenvalue weighted by Gasteiger charge is 2.39. The van der Waals surface area contributed by atoms with E-state index in [1.54, 1.807) is 0 Å². The lowest BCUT2D eigenvalue weighted by Crippen LogP contribution is -2.40. The molecular weight excluding hydrogens is 224 g/mol. The maximum Gasteiger partial charge on any atom is 0.108 e. The van der Waals surface area contributed by atoms with Crippen LogP contribution in [0.5, 0.6) is 0 Å². The minimum Gasteiger partial charge on any atom is -0.469 e. The van der Waals surface area contributed by atoms with Gasteiger partial charge in [-0.3, -0.25) is 4.90 Å². The average Bonchev–Trinajstić information content (AvgIpc) is 3.04. The molecule has 1 N–H and O–H groups in total. The number of nitrogens with one attached hydrogen (secondary N) is 1. The Morgan fingerprint density at radius 2 is 2.22 bits per heavy atom. The number of likely N-dealkylation sites (tertiary alicyclic amines) is 1. The Kier molecular flexibility index (Phi) is 2.70. The number of fused-ring (bicyclic) bond motifs is 2. The molecule has 3 heteroatoms. The number of piperidine rings is 1. The van der Waals surface area contributed by atoms with E-state index < -0.39 is 0 Å². The summed E-state index contributed by atoms with van der Waals surface area (Å²) in [5, 5.41) is 3.70. The van der Waals surface area contributed by atoms with Gasteiger partial charge in [0.1, 0.15) is 5.76 Å². The largest absolute Gasteiger partial charge is 0.469 e. The van der Waals surface area contributed by atoms with Crippen molar-refractivity contribution >= 4 is 0 Å². The Bertz CT molecular complexity index is 414. The lowest BCUT2D eigenvalue weighted by Gasteiger charge is -2.30. The van der Waals surface area contributed by atoms with Crippen LogP contribution in [-0.4, -0.2) is 30.6 Å². The molecule has 0 aromatic carbocycles. The summed E-state index contributed by atoms with van der Waals surface area (Å²) >= 11 is 0. The van der Waals surface area contributed by atoms with Crippen molar-refractivity contribution < 1.29 is 4.42 Å². The van der Waals surface area contributed by atoms with Crippen molar-refractivity contribution in [1.29, 1.82) is 0 Å². The maximum atomic E-state index is 5.62. The first-order chi connectivity index (χ1) is 8.92. The molecule has 3 heterocycles. The molecule has 98 valence electrons. The Morgan fingerprint density at radius 1 is 1.22 bits per heavy atom. The zero-order valence-corrected chi connectivity index (χ0v) is 10.9. The number of nitrogens with zero attached hydrogens (tertiary/aromatic N) is 1. The molecule has 2 aliphatic heterocycles. The molecular formula is C15H22N2O. The first-order valence-electron chi connectivity index (χ1n) is 7.45. The summed E-state index contributed by atoms with van der Waals surface area (Å²) in [5.41, 5.74) is 1.47. The summed E-state index contributed by atoms with van der Waals surface area (Å²) in [7, 11) is 0. The molecule has 2 fully saturated rings. The topological polar surface area (TPSA) is 28.4 Å². The first-order valence-corrected chi connectivity index (χ1v) is 7.45. The van der Waals surface area contributed by atoms with Crippen LogP contribution >= 0.6 is 0 Å². The summed E-state index contributed by atoms with van der Waals surface area (Å²) in [4.78, 5) is 2.71. The van der Waals surface area contributed by atoms with Crippen LogP contribution in [0.3, 0.4) is 0 Å². The van der Waals surface area contributed by atoms with Crippen molar-refractivity contribution in [3.63, 3.8) is 0 Å². The molecule has 18 heavy (non-hydrogen) atoms. The maximum absolute atomic E-state index is 5.62. The van der Waals surface area contributed by atoms with Crippen molar-refractivity contribution in [3.8, 4) is 0 Å². The quantitative estimate of drug-likeness (QED) is 0.824. The number of furan rings is 1. The second-order valence-electron chi connectivity index (χ2n) is 6.12. The van der Waals surface area contributed by atoms with E-state index >= 15 is 0 Å². The van der Waals surface area contributed by atoms with E-state index in [4.69, 9.17) is 4.42 Å². The van der Waals surface area contributed by atoms with E-state index in [0.717, 1.165) is 18.4 Å². The van der Waals surface area contributed by atoms with E-state index in [2.05, 4.69) is 16.3 Å². The van der Waals surface area contributed by atoms with Crippen LogP contribution in [0.15, 0.2) is 16.7 Å². The van der Waals surface area contributed by atoms with Gasteiger partial charge in [0.15, 0.2) is 0 Å². The summed E-state index contributed by atoms with van der Waals surface area (Å²) in [5.74, 6) is 2.13. The van der Waals surface area contributed by atoms with Crippen molar-refractivity contribution in [2.75, 3.05) is 19.6 Å². The van der Waals surface area contributed by atoms with Gasteiger partial charge in [-0.15, -0.1) is 0 Å². The van der Waals surface area contributed by atoms with Crippen LogP contribution in [0, 0.1) is 5.92 Å². The molecule has 0 bridgehead atoms. The summed E-state index contributed by atoms with van der Waals surface area (Å²) in [6.45, 7) is 3.74. The normalized spacial score (nSPS) is 36.3. The predicted molar refractivity (Wildman–Crippen MR) is 70.5 cm³/mol. The zero-order valence-electron chi connectivity index (χ0n) is 10.9. The molecule has 0 radical (unpaired) electrons. The summed E-state index contributed by atoms with van der Waals surface area (Å²) in [6, 6.07) is 3.57. The summed E-state index contributed by atoms with van der Waals surface area (Å²) in [6.07, 6.45) is 8.38. The molecule has 0 amide bonds. The van der Waals surface area contributed by atoms with Gasteiger partial charge in [-0.25, -0.2) is 0 Å². The van der Waals surface area contributed by atoms with Gasteiger partial charge in [-0.1, -0.05) is 0 Å². The highest BCUT2D eigenvalue weighted by atomic mass is 16.3. The van der Waals surface area contributed by atoms with Crippen LogP contribution in [0.4, 0.5) is 0 Å². The molecule has 3 aliphatic rings. The molecule has 1 aliphatic carbocycles. The van der Waals surface area contributed by atoms with Gasteiger partial charge >= 0.3 is 0 Å². The molecule has 3 nitrogen and oxygen atoms in total. The monoisotopic (exact) mass is 246 g/mol. The van der Waals surface area contributed by atoms with Crippen molar-refractivity contribution in [3.05, 3.63) is 23.7 Å². The fourth-order valence-corrected chi connectivity index (χ4v) is 4.18. The minimum atomic E-state index is 0.625. The third-order valence-electron chi connectivity index (χ3n) is 5.09. The third kappa shape index (κ3) is 1.72. The van der Waals surface area contributed by atoms with Gasteiger partial charge in [-0.05, 0) is 44.2 Å². The standard InChI is InChI=1S/C15H22N2O/c1-4-14(12-6-8-18-15(12)5-1)17-9-11-3-2-7-16-13(11)10-17/h6,8,11,13-14,16H,1-5,7,9-10H2. The summed E-state index contributed by atoms with van der Waals surface area (Å²) < 4.78 is 5.62. The smallest absolute Gasteiger partial charge is 0.108 e. The average molecular weight is 246 g/mol. The zero-order chi connectivity index (χ0) is 11.9. The fourth-order valence-electron chi connectivity index (χ4n) is 4.18. The van der Waals surface area contributed by atoms with E-state index in [1.165, 1.54) is 56.6 Å². The van der Waals surface area contributed by atoms with E-state index in [-0.39, 0.29) is 0 Å². The second-order valence-corrected chi connectivity index (χ2v) is 6.12. The highest BCUT2D eigenvalue weighted by Crippen LogP contribution is 2.38. The number of aryl methyl sites for hydroxylation is 1. The van der Waals surface area contributed by atoms with E-state index in [9.17, 15) is 0 Å². The van der Waals surface area contributed by atoms with Crippen LogP contribution in [0.2, 0.25) is 0 Å². The third-order valence-corrected chi connectivity index (χ3v) is 5.09. The van der Waals surface area contributed by atoms with Gasteiger partial charge in [0.2, 0.25) is 0 Å². The number of rotatable bonds is 1. The fraction of sp³-hybridized carbons (Fsp3) is 0.733. The van der Waals surface area contributed by atoms with Gasteiger partial charge in [0, 0.05) is 37.2 Å². The van der Waals surface area contributed by atoms with Gasteiger partial charge < -0.3 is 9.73 Å². The van der Waals surface area contributed by atoms with Gasteiger partial charge in [-0.2, -0.15) is 0 Å². The molecule has 4 rings (SSSR count). The minimum absolute atomic E-state index is 0.625. The highest BCUT2D eigenvalue weighted by molar-refractivity contribution is 5.24.